The van der Waals surface area contributed by atoms with E-state index in [2.05, 4.69) is 9.80 Å². The Morgan fingerprint density at radius 3 is 2.43 bits per heavy atom. The van der Waals surface area contributed by atoms with Crippen molar-refractivity contribution < 1.29 is 13.9 Å². The largest absolute Gasteiger partial charge is 0.459 e. The molecule has 0 spiro atoms. The van der Waals surface area contributed by atoms with Gasteiger partial charge in [0, 0.05) is 38.3 Å². The van der Waals surface area contributed by atoms with Crippen molar-refractivity contribution in [1.82, 2.24) is 9.80 Å². The molecule has 0 radical (unpaired) electrons. The number of hydrogen-bond donors (Lipinski definition) is 1. The summed E-state index contributed by atoms with van der Waals surface area (Å²) in [6.07, 6.45) is 0. The molecule has 5 nitrogen and oxygen atoms in total. The van der Waals surface area contributed by atoms with Gasteiger partial charge in [-0.25, -0.2) is 4.39 Å². The number of piperazine rings is 1. The van der Waals surface area contributed by atoms with E-state index >= 15 is 0 Å². The summed E-state index contributed by atoms with van der Waals surface area (Å²) in [6, 6.07) is 5.10. The molecular weight excluding hydrogens is 297 g/mol. The van der Waals surface area contributed by atoms with Crippen LogP contribution in [0.25, 0.3) is 0 Å². The van der Waals surface area contributed by atoms with Crippen LogP contribution >= 0.6 is 0 Å². The molecule has 0 aliphatic carbocycles. The predicted molar refractivity (Wildman–Crippen MR) is 88.4 cm³/mol. The topological polar surface area (TPSA) is 58.8 Å². The molecule has 0 atom stereocenters. The fraction of sp³-hybridized carbons (Fsp3) is 0.588. The highest BCUT2D eigenvalue weighted by atomic mass is 19.1. The van der Waals surface area contributed by atoms with Crippen molar-refractivity contribution >= 4 is 11.7 Å². The Hall–Kier alpha value is -1.66. The number of halogens is 1. The fourth-order valence-corrected chi connectivity index (χ4v) is 2.62. The number of nitrogens with two attached hydrogens (primary N) is 1. The Kier molecular flexibility index (Phi) is 5.59. The quantitative estimate of drug-likeness (QED) is 0.677. The van der Waals surface area contributed by atoms with Gasteiger partial charge in [-0.2, -0.15) is 0 Å². The zero-order chi connectivity index (χ0) is 17.0. The molecule has 2 rings (SSSR count). The molecule has 0 amide bonds. The van der Waals surface area contributed by atoms with Crippen molar-refractivity contribution in [2.75, 3.05) is 38.5 Å². The number of benzene rings is 1. The van der Waals surface area contributed by atoms with E-state index in [1.54, 1.807) is 18.2 Å². The third kappa shape index (κ3) is 5.48. The molecule has 128 valence electrons. The number of ether oxygens (including phenoxy) is 1. The second-order valence-corrected chi connectivity index (χ2v) is 6.96. The monoisotopic (exact) mass is 323 g/mol. The summed E-state index contributed by atoms with van der Waals surface area (Å²) in [5.41, 5.74) is 5.95. The van der Waals surface area contributed by atoms with Crippen molar-refractivity contribution in [2.45, 2.75) is 32.9 Å². The number of carbonyl (C=O) groups is 1. The number of rotatable bonds is 4. The summed E-state index contributed by atoms with van der Waals surface area (Å²) >= 11 is 0. The van der Waals surface area contributed by atoms with Crippen molar-refractivity contribution in [3.8, 4) is 0 Å². The van der Waals surface area contributed by atoms with Crippen LogP contribution in [0.2, 0.25) is 0 Å². The first-order valence-electron chi connectivity index (χ1n) is 7.94. The van der Waals surface area contributed by atoms with Crippen LogP contribution in [0.15, 0.2) is 18.2 Å². The molecule has 1 saturated heterocycles. The summed E-state index contributed by atoms with van der Waals surface area (Å²) in [5, 5.41) is 0. The van der Waals surface area contributed by atoms with Gasteiger partial charge in [0.15, 0.2) is 5.82 Å². The highest BCUT2D eigenvalue weighted by molar-refractivity contribution is 5.72. The van der Waals surface area contributed by atoms with E-state index in [1.165, 1.54) is 0 Å². The van der Waals surface area contributed by atoms with Gasteiger partial charge in [0.25, 0.3) is 0 Å². The Balaban J connectivity index is 1.80. The van der Waals surface area contributed by atoms with E-state index in [0.29, 0.717) is 18.7 Å². The van der Waals surface area contributed by atoms with Crippen molar-refractivity contribution in [3.05, 3.63) is 29.6 Å². The average Bonchev–Trinajstić information content (AvgIpc) is 2.44. The lowest BCUT2D eigenvalue weighted by molar-refractivity contribution is -0.156. The van der Waals surface area contributed by atoms with Crippen LogP contribution in [0.3, 0.4) is 0 Å². The van der Waals surface area contributed by atoms with E-state index < -0.39 is 5.60 Å². The Morgan fingerprint density at radius 2 is 1.83 bits per heavy atom. The van der Waals surface area contributed by atoms with Crippen LogP contribution in [0, 0.1) is 5.82 Å². The van der Waals surface area contributed by atoms with Gasteiger partial charge in [0.1, 0.15) is 5.60 Å². The predicted octanol–water partition coefficient (Wildman–Crippen LogP) is 1.87. The number of hydrogen-bond acceptors (Lipinski definition) is 5. The molecule has 0 unspecified atom stereocenters. The molecular formula is C17H26FN3O2. The van der Waals surface area contributed by atoms with E-state index in [1.807, 2.05) is 20.8 Å². The lowest BCUT2D eigenvalue weighted by atomic mass is 10.1. The SMILES string of the molecule is CC(C)(C)OC(=O)CN1CCN(Cc2cccc(N)c2F)CC1. The number of anilines is 1. The molecule has 0 bridgehead atoms. The van der Waals surface area contributed by atoms with E-state index in [-0.39, 0.29) is 17.5 Å². The lowest BCUT2D eigenvalue weighted by Gasteiger charge is -2.34. The van der Waals surface area contributed by atoms with Gasteiger partial charge in [-0.1, -0.05) is 12.1 Å². The van der Waals surface area contributed by atoms with Gasteiger partial charge in [0.05, 0.1) is 12.2 Å². The third-order valence-electron chi connectivity index (χ3n) is 3.74. The number of nitrogens with zero attached hydrogens (tertiary/aromatic N) is 2. The molecule has 0 saturated carbocycles. The van der Waals surface area contributed by atoms with Crippen molar-refractivity contribution in [3.63, 3.8) is 0 Å². The smallest absolute Gasteiger partial charge is 0.320 e. The molecule has 2 N–H and O–H groups in total. The van der Waals surface area contributed by atoms with Crippen LogP contribution in [-0.2, 0) is 16.1 Å². The first-order chi connectivity index (χ1) is 10.7. The molecule has 0 aromatic heterocycles. The van der Waals surface area contributed by atoms with E-state index in [4.69, 9.17) is 10.5 Å². The molecule has 1 aromatic rings. The minimum atomic E-state index is -0.455. The average molecular weight is 323 g/mol. The Bertz CT molecular complexity index is 549. The van der Waals surface area contributed by atoms with E-state index in [0.717, 1.165) is 26.2 Å². The van der Waals surface area contributed by atoms with Crippen LogP contribution in [0.5, 0.6) is 0 Å². The van der Waals surface area contributed by atoms with Gasteiger partial charge >= 0.3 is 5.97 Å². The zero-order valence-corrected chi connectivity index (χ0v) is 14.1. The molecule has 23 heavy (non-hydrogen) atoms. The second kappa shape index (κ2) is 7.27. The molecule has 1 aromatic carbocycles. The first-order valence-corrected chi connectivity index (χ1v) is 7.94. The second-order valence-electron chi connectivity index (χ2n) is 6.96. The van der Waals surface area contributed by atoms with Gasteiger partial charge in [-0.3, -0.25) is 14.6 Å². The highest BCUT2D eigenvalue weighted by Gasteiger charge is 2.23. The minimum absolute atomic E-state index is 0.186. The minimum Gasteiger partial charge on any atom is -0.459 e. The summed E-state index contributed by atoms with van der Waals surface area (Å²) in [6.45, 7) is 9.55. The maximum atomic E-state index is 13.9. The Morgan fingerprint density at radius 1 is 1.22 bits per heavy atom. The molecule has 1 aliphatic rings. The normalized spacial score (nSPS) is 17.2. The van der Waals surface area contributed by atoms with Gasteiger partial charge in [-0.05, 0) is 26.8 Å². The highest BCUT2D eigenvalue weighted by Crippen LogP contribution is 2.17. The molecule has 6 heteroatoms. The van der Waals surface area contributed by atoms with Gasteiger partial charge in [0.2, 0.25) is 0 Å². The Labute approximate surface area is 137 Å². The molecule has 1 fully saturated rings. The van der Waals surface area contributed by atoms with Crippen LogP contribution < -0.4 is 5.73 Å². The van der Waals surface area contributed by atoms with Gasteiger partial charge < -0.3 is 10.5 Å². The van der Waals surface area contributed by atoms with Crippen LogP contribution in [0.1, 0.15) is 26.3 Å². The summed E-state index contributed by atoms with van der Waals surface area (Å²) in [7, 11) is 0. The maximum Gasteiger partial charge on any atom is 0.320 e. The van der Waals surface area contributed by atoms with Gasteiger partial charge in [-0.15, -0.1) is 0 Å². The first kappa shape index (κ1) is 17.7. The lowest BCUT2D eigenvalue weighted by Crippen LogP contribution is -2.48. The summed E-state index contributed by atoms with van der Waals surface area (Å²) in [4.78, 5) is 16.1. The molecule has 1 aliphatic heterocycles. The fourth-order valence-electron chi connectivity index (χ4n) is 2.62. The maximum absolute atomic E-state index is 13.9. The van der Waals surface area contributed by atoms with Crippen LogP contribution in [0.4, 0.5) is 10.1 Å². The van der Waals surface area contributed by atoms with Crippen molar-refractivity contribution in [2.24, 2.45) is 0 Å². The van der Waals surface area contributed by atoms with Crippen molar-refractivity contribution in [1.29, 1.82) is 0 Å². The summed E-state index contributed by atoms with van der Waals surface area (Å²) in [5.74, 6) is -0.531. The third-order valence-corrected chi connectivity index (χ3v) is 3.74. The standard InChI is InChI=1S/C17H26FN3O2/c1-17(2,3)23-15(22)12-21-9-7-20(8-10-21)11-13-5-4-6-14(19)16(13)18/h4-6H,7-12,19H2,1-3H3. The van der Waals surface area contributed by atoms with Crippen LogP contribution in [-0.4, -0.2) is 54.1 Å². The number of esters is 1. The summed E-state index contributed by atoms with van der Waals surface area (Å²) < 4.78 is 19.3. The number of nitrogen functional groups attached to an aromatic ring is 1. The van der Waals surface area contributed by atoms with E-state index in [9.17, 15) is 9.18 Å². The number of carbonyl (C=O) groups excluding carboxylic acids is 1. The molecule has 1 heterocycles. The zero-order valence-electron chi connectivity index (χ0n) is 14.1.